The molecule has 0 spiro atoms. The SMILES string of the molecule is CCNC(=NCc1ccc(F)c(COC)c1)NCc1cc(F)ccc1CS(C)(=O)=O.I. The standard InChI is InChI=1S/C21H27F2N3O3S.HI/c1-4-24-21(25-11-15-5-8-20(23)18(9-15)13-29-2)26-12-17-10-19(22)7-6-16(17)14-30(3,27)28;/h5-10H,4,11-14H2,1-3H3,(H2,24,25,26);1H. The van der Waals surface area contributed by atoms with E-state index in [2.05, 4.69) is 15.6 Å². The molecule has 0 heterocycles. The zero-order chi connectivity index (χ0) is 22.1. The lowest BCUT2D eigenvalue weighted by molar-refractivity contribution is 0.181. The maximum absolute atomic E-state index is 13.8. The summed E-state index contributed by atoms with van der Waals surface area (Å²) in [6, 6.07) is 8.77. The van der Waals surface area contributed by atoms with Crippen LogP contribution in [-0.2, 0) is 40.0 Å². The number of hydrogen-bond acceptors (Lipinski definition) is 4. The lowest BCUT2D eigenvalue weighted by atomic mass is 10.1. The topological polar surface area (TPSA) is 79.8 Å². The molecule has 0 aliphatic heterocycles. The van der Waals surface area contributed by atoms with Crippen molar-refractivity contribution < 1.29 is 21.9 Å². The summed E-state index contributed by atoms with van der Waals surface area (Å²) < 4.78 is 55.7. The van der Waals surface area contributed by atoms with E-state index < -0.39 is 15.7 Å². The Kier molecular flexibility index (Phi) is 11.4. The minimum Gasteiger partial charge on any atom is -0.380 e. The van der Waals surface area contributed by atoms with Gasteiger partial charge in [-0.3, -0.25) is 0 Å². The lowest BCUT2D eigenvalue weighted by Crippen LogP contribution is -2.37. The van der Waals surface area contributed by atoms with Crippen LogP contribution in [0.1, 0.15) is 29.2 Å². The normalized spacial score (nSPS) is 11.7. The van der Waals surface area contributed by atoms with E-state index in [1.54, 1.807) is 12.1 Å². The highest BCUT2D eigenvalue weighted by Crippen LogP contribution is 2.15. The summed E-state index contributed by atoms with van der Waals surface area (Å²) in [5, 5.41) is 6.18. The molecule has 0 aliphatic rings. The maximum atomic E-state index is 13.8. The monoisotopic (exact) mass is 567 g/mol. The molecule has 31 heavy (non-hydrogen) atoms. The van der Waals surface area contributed by atoms with Crippen LogP contribution in [0.25, 0.3) is 0 Å². The fraction of sp³-hybridized carbons (Fsp3) is 0.381. The molecule has 0 unspecified atom stereocenters. The van der Waals surface area contributed by atoms with E-state index in [4.69, 9.17) is 4.74 Å². The van der Waals surface area contributed by atoms with Crippen molar-refractivity contribution in [2.24, 2.45) is 4.99 Å². The molecular weight excluding hydrogens is 539 g/mol. The maximum Gasteiger partial charge on any atom is 0.191 e. The van der Waals surface area contributed by atoms with Crippen molar-refractivity contribution in [3.63, 3.8) is 0 Å². The van der Waals surface area contributed by atoms with Gasteiger partial charge in [0.1, 0.15) is 11.6 Å². The lowest BCUT2D eigenvalue weighted by Gasteiger charge is -2.14. The van der Waals surface area contributed by atoms with Crippen molar-refractivity contribution in [2.75, 3.05) is 19.9 Å². The number of guanidine groups is 1. The first-order chi connectivity index (χ1) is 14.2. The summed E-state index contributed by atoms with van der Waals surface area (Å²) in [5.74, 6) is -0.470. The molecule has 6 nitrogen and oxygen atoms in total. The molecule has 2 aromatic carbocycles. The van der Waals surface area contributed by atoms with Crippen LogP contribution in [0.4, 0.5) is 8.78 Å². The second-order valence-corrected chi connectivity index (χ2v) is 9.03. The van der Waals surface area contributed by atoms with E-state index in [-0.39, 0.29) is 48.7 Å². The molecule has 10 heteroatoms. The van der Waals surface area contributed by atoms with E-state index in [0.717, 1.165) is 11.8 Å². The number of benzene rings is 2. The molecule has 0 saturated carbocycles. The first-order valence-electron chi connectivity index (χ1n) is 9.45. The first kappa shape index (κ1) is 27.2. The molecule has 0 bridgehead atoms. The van der Waals surface area contributed by atoms with Crippen LogP contribution in [-0.4, -0.2) is 34.3 Å². The number of methoxy groups -OCH3 is 1. The number of ether oxygens (including phenoxy) is 1. The Bertz CT molecular complexity index is 1000. The van der Waals surface area contributed by atoms with Gasteiger partial charge in [0.15, 0.2) is 15.8 Å². The Morgan fingerprint density at radius 2 is 1.81 bits per heavy atom. The number of nitrogens with one attached hydrogen (secondary N) is 2. The van der Waals surface area contributed by atoms with E-state index >= 15 is 0 Å². The molecule has 0 aromatic heterocycles. The number of nitrogens with zero attached hydrogens (tertiary/aromatic N) is 1. The highest BCUT2D eigenvalue weighted by atomic mass is 127. The third kappa shape index (κ3) is 9.48. The average Bonchev–Trinajstić information content (AvgIpc) is 2.67. The van der Waals surface area contributed by atoms with Gasteiger partial charge in [0.25, 0.3) is 0 Å². The van der Waals surface area contributed by atoms with Gasteiger partial charge in [0.2, 0.25) is 0 Å². The van der Waals surface area contributed by atoms with Gasteiger partial charge in [0, 0.05) is 32.0 Å². The Balaban J connectivity index is 0.00000480. The summed E-state index contributed by atoms with van der Waals surface area (Å²) in [4.78, 5) is 4.48. The highest BCUT2D eigenvalue weighted by Gasteiger charge is 2.11. The Labute approximate surface area is 199 Å². The van der Waals surface area contributed by atoms with Crippen LogP contribution in [0.15, 0.2) is 41.4 Å². The molecule has 172 valence electrons. The molecular formula is C21H28F2IN3O3S. The number of halogens is 3. The van der Waals surface area contributed by atoms with Gasteiger partial charge in [-0.1, -0.05) is 12.1 Å². The molecule has 0 saturated heterocycles. The van der Waals surface area contributed by atoms with E-state index in [1.807, 2.05) is 6.92 Å². The predicted molar refractivity (Wildman–Crippen MR) is 129 cm³/mol. The third-order valence-corrected chi connectivity index (χ3v) is 5.04. The average molecular weight is 567 g/mol. The van der Waals surface area contributed by atoms with Crippen LogP contribution in [0, 0.1) is 11.6 Å². The number of rotatable bonds is 9. The van der Waals surface area contributed by atoms with Gasteiger partial charge >= 0.3 is 0 Å². The molecule has 0 radical (unpaired) electrons. The van der Waals surface area contributed by atoms with Gasteiger partial charge in [-0.2, -0.15) is 0 Å². The van der Waals surface area contributed by atoms with Crippen molar-refractivity contribution in [1.29, 1.82) is 0 Å². The van der Waals surface area contributed by atoms with Crippen molar-refractivity contribution in [1.82, 2.24) is 10.6 Å². The van der Waals surface area contributed by atoms with Crippen molar-refractivity contribution in [2.45, 2.75) is 32.4 Å². The minimum absolute atomic E-state index is 0. The summed E-state index contributed by atoms with van der Waals surface area (Å²) in [7, 11) is -1.76. The predicted octanol–water partition coefficient (Wildman–Crippen LogP) is 3.53. The van der Waals surface area contributed by atoms with Gasteiger partial charge in [-0.05, 0) is 47.9 Å². The van der Waals surface area contributed by atoms with Crippen LogP contribution in [0.2, 0.25) is 0 Å². The van der Waals surface area contributed by atoms with Gasteiger partial charge in [-0.25, -0.2) is 22.2 Å². The van der Waals surface area contributed by atoms with Crippen molar-refractivity contribution >= 4 is 39.8 Å². The number of hydrogen-bond donors (Lipinski definition) is 2. The Hall–Kier alpha value is -1.79. The van der Waals surface area contributed by atoms with Crippen LogP contribution < -0.4 is 10.6 Å². The van der Waals surface area contributed by atoms with E-state index in [9.17, 15) is 17.2 Å². The minimum atomic E-state index is -3.26. The Morgan fingerprint density at radius 3 is 2.45 bits per heavy atom. The second kappa shape index (κ2) is 12.9. The molecule has 0 aliphatic carbocycles. The van der Waals surface area contributed by atoms with Crippen molar-refractivity contribution in [3.05, 3.63) is 70.3 Å². The number of aliphatic imine (C=N–C) groups is 1. The van der Waals surface area contributed by atoms with Gasteiger partial charge in [0.05, 0.1) is 18.9 Å². The highest BCUT2D eigenvalue weighted by molar-refractivity contribution is 14.0. The number of sulfone groups is 1. The van der Waals surface area contributed by atoms with E-state index in [1.165, 1.54) is 31.4 Å². The zero-order valence-corrected chi connectivity index (χ0v) is 20.9. The molecule has 0 atom stereocenters. The summed E-state index contributed by atoms with van der Waals surface area (Å²) in [6.07, 6.45) is 1.14. The molecule has 0 fully saturated rings. The van der Waals surface area contributed by atoms with E-state index in [0.29, 0.717) is 35.7 Å². The third-order valence-electron chi connectivity index (χ3n) is 4.21. The fourth-order valence-electron chi connectivity index (χ4n) is 2.87. The molecule has 2 N–H and O–H groups in total. The Morgan fingerprint density at radius 1 is 1.06 bits per heavy atom. The van der Waals surface area contributed by atoms with Crippen LogP contribution in [0.3, 0.4) is 0 Å². The largest absolute Gasteiger partial charge is 0.380 e. The fourth-order valence-corrected chi connectivity index (χ4v) is 3.71. The quantitative estimate of drug-likeness (QED) is 0.276. The summed E-state index contributed by atoms with van der Waals surface area (Å²) in [6.45, 7) is 3.18. The molecule has 0 amide bonds. The summed E-state index contributed by atoms with van der Waals surface area (Å²) in [5.41, 5.74) is 2.33. The molecule has 2 rings (SSSR count). The smallest absolute Gasteiger partial charge is 0.191 e. The zero-order valence-electron chi connectivity index (χ0n) is 17.7. The first-order valence-corrected chi connectivity index (χ1v) is 11.5. The van der Waals surface area contributed by atoms with Crippen LogP contribution in [0.5, 0.6) is 0 Å². The van der Waals surface area contributed by atoms with Gasteiger partial charge in [-0.15, -0.1) is 24.0 Å². The van der Waals surface area contributed by atoms with Crippen molar-refractivity contribution in [3.8, 4) is 0 Å². The second-order valence-electron chi connectivity index (χ2n) is 6.89. The molecule has 2 aromatic rings. The van der Waals surface area contributed by atoms with Gasteiger partial charge < -0.3 is 15.4 Å². The van der Waals surface area contributed by atoms with Crippen LogP contribution >= 0.6 is 24.0 Å². The summed E-state index contributed by atoms with van der Waals surface area (Å²) >= 11 is 0.